The first-order valence-corrected chi connectivity index (χ1v) is 10.4. The maximum atomic E-state index is 13.2. The summed E-state index contributed by atoms with van der Waals surface area (Å²) in [6.45, 7) is 11.6. The van der Waals surface area contributed by atoms with Crippen LogP contribution < -0.4 is 4.90 Å². The van der Waals surface area contributed by atoms with E-state index in [1.165, 1.54) is 5.56 Å². The van der Waals surface area contributed by atoms with Crippen LogP contribution in [0.25, 0.3) is 0 Å². The van der Waals surface area contributed by atoms with Crippen molar-refractivity contribution in [1.82, 2.24) is 4.90 Å². The smallest absolute Gasteiger partial charge is 0.228 e. The minimum Gasteiger partial charge on any atom is -0.336 e. The first-order chi connectivity index (χ1) is 13.7. The molecule has 1 unspecified atom stereocenters. The topological polar surface area (TPSA) is 40.6 Å². The lowest BCUT2D eigenvalue weighted by Crippen LogP contribution is -2.41. The lowest BCUT2D eigenvalue weighted by molar-refractivity contribution is -0.138. The van der Waals surface area contributed by atoms with E-state index in [2.05, 4.69) is 32.9 Å². The SMILES string of the molecule is CC(C)N(Cc1ccccc1)C(=O)C1CC(=O)N(c2ccc(C(C)(C)C)cc2)C1. The Morgan fingerprint density at radius 2 is 1.69 bits per heavy atom. The van der Waals surface area contributed by atoms with Crippen LogP contribution in [0.15, 0.2) is 54.6 Å². The molecule has 0 saturated carbocycles. The number of amides is 2. The van der Waals surface area contributed by atoms with E-state index in [0.717, 1.165) is 11.3 Å². The third kappa shape index (κ3) is 4.87. The zero-order chi connectivity index (χ0) is 21.2. The maximum Gasteiger partial charge on any atom is 0.228 e. The van der Waals surface area contributed by atoms with E-state index in [0.29, 0.717) is 13.1 Å². The molecule has 0 N–H and O–H groups in total. The van der Waals surface area contributed by atoms with Gasteiger partial charge in [-0.15, -0.1) is 0 Å². The van der Waals surface area contributed by atoms with Gasteiger partial charge in [0.15, 0.2) is 0 Å². The van der Waals surface area contributed by atoms with Gasteiger partial charge in [-0.1, -0.05) is 63.2 Å². The van der Waals surface area contributed by atoms with Gasteiger partial charge in [-0.3, -0.25) is 9.59 Å². The Morgan fingerprint density at radius 3 is 2.24 bits per heavy atom. The van der Waals surface area contributed by atoms with Gasteiger partial charge in [-0.25, -0.2) is 0 Å². The molecule has 1 heterocycles. The molecule has 1 fully saturated rings. The fraction of sp³-hybridized carbons (Fsp3) is 0.440. The Hall–Kier alpha value is -2.62. The average molecular weight is 393 g/mol. The van der Waals surface area contributed by atoms with Crippen molar-refractivity contribution >= 4 is 17.5 Å². The number of hydrogen-bond donors (Lipinski definition) is 0. The summed E-state index contributed by atoms with van der Waals surface area (Å²) in [6, 6.07) is 18.2. The van der Waals surface area contributed by atoms with Crippen LogP contribution in [0, 0.1) is 5.92 Å². The molecule has 2 amide bonds. The minimum atomic E-state index is -0.295. The third-order valence-corrected chi connectivity index (χ3v) is 5.62. The predicted molar refractivity (Wildman–Crippen MR) is 118 cm³/mol. The van der Waals surface area contributed by atoms with Crippen LogP contribution in [0.2, 0.25) is 0 Å². The molecule has 3 rings (SSSR count). The van der Waals surface area contributed by atoms with Gasteiger partial charge >= 0.3 is 0 Å². The second kappa shape index (κ2) is 8.40. The third-order valence-electron chi connectivity index (χ3n) is 5.62. The van der Waals surface area contributed by atoms with Crippen molar-refractivity contribution in [3.05, 3.63) is 65.7 Å². The summed E-state index contributed by atoms with van der Waals surface area (Å²) in [6.07, 6.45) is 0.276. The van der Waals surface area contributed by atoms with Gasteiger partial charge in [-0.05, 0) is 42.5 Å². The maximum absolute atomic E-state index is 13.2. The van der Waals surface area contributed by atoms with Gasteiger partial charge in [0.1, 0.15) is 0 Å². The Balaban J connectivity index is 1.73. The van der Waals surface area contributed by atoms with E-state index >= 15 is 0 Å². The molecule has 0 aromatic heterocycles. The molecule has 1 aliphatic heterocycles. The summed E-state index contributed by atoms with van der Waals surface area (Å²) < 4.78 is 0. The molecule has 1 aliphatic rings. The summed E-state index contributed by atoms with van der Waals surface area (Å²) in [5, 5.41) is 0. The summed E-state index contributed by atoms with van der Waals surface area (Å²) in [5.74, 6) is -0.211. The van der Waals surface area contributed by atoms with Crippen molar-refractivity contribution in [3.63, 3.8) is 0 Å². The van der Waals surface area contributed by atoms with E-state index in [-0.39, 0.29) is 35.6 Å². The fourth-order valence-electron chi connectivity index (χ4n) is 3.79. The first kappa shape index (κ1) is 21.1. The second-order valence-corrected chi connectivity index (χ2v) is 9.25. The Kier molecular flexibility index (Phi) is 6.11. The Bertz CT molecular complexity index is 851. The first-order valence-electron chi connectivity index (χ1n) is 10.4. The molecule has 0 bridgehead atoms. The van der Waals surface area contributed by atoms with Crippen LogP contribution in [0.3, 0.4) is 0 Å². The number of hydrogen-bond acceptors (Lipinski definition) is 2. The molecule has 4 nitrogen and oxygen atoms in total. The van der Waals surface area contributed by atoms with E-state index in [1.54, 1.807) is 4.90 Å². The molecular weight excluding hydrogens is 360 g/mol. The van der Waals surface area contributed by atoms with Crippen LogP contribution in [-0.4, -0.2) is 29.3 Å². The highest BCUT2D eigenvalue weighted by Crippen LogP contribution is 2.30. The zero-order valence-corrected chi connectivity index (χ0v) is 18.2. The molecule has 2 aromatic rings. The van der Waals surface area contributed by atoms with Gasteiger partial charge in [-0.2, -0.15) is 0 Å². The van der Waals surface area contributed by atoms with Crippen LogP contribution in [0.4, 0.5) is 5.69 Å². The molecule has 2 aromatic carbocycles. The van der Waals surface area contributed by atoms with Crippen molar-refractivity contribution in [3.8, 4) is 0 Å². The van der Waals surface area contributed by atoms with E-state index in [9.17, 15) is 9.59 Å². The summed E-state index contributed by atoms with van der Waals surface area (Å²) in [7, 11) is 0. The van der Waals surface area contributed by atoms with Gasteiger partial charge in [0.05, 0.1) is 5.92 Å². The molecular formula is C25H32N2O2. The number of benzene rings is 2. The van der Waals surface area contributed by atoms with Crippen LogP contribution in [0.5, 0.6) is 0 Å². The van der Waals surface area contributed by atoms with Crippen LogP contribution in [0.1, 0.15) is 52.2 Å². The highest BCUT2D eigenvalue weighted by atomic mass is 16.2. The molecule has 1 atom stereocenters. The second-order valence-electron chi connectivity index (χ2n) is 9.25. The number of nitrogens with zero attached hydrogens (tertiary/aromatic N) is 2. The number of carbonyl (C=O) groups excluding carboxylic acids is 2. The van der Waals surface area contributed by atoms with Crippen molar-refractivity contribution < 1.29 is 9.59 Å². The standard InChI is InChI=1S/C25H32N2O2/c1-18(2)26(16-19-9-7-6-8-10-19)24(29)20-15-23(28)27(17-20)22-13-11-21(12-14-22)25(3,4)5/h6-14,18,20H,15-17H2,1-5H3. The average Bonchev–Trinajstić information content (AvgIpc) is 3.07. The number of carbonyl (C=O) groups is 2. The van der Waals surface area contributed by atoms with Gasteiger partial charge < -0.3 is 9.80 Å². The van der Waals surface area contributed by atoms with E-state index in [1.807, 2.05) is 61.2 Å². The lowest BCUT2D eigenvalue weighted by Gasteiger charge is -2.29. The Labute approximate surface area is 174 Å². The van der Waals surface area contributed by atoms with Gasteiger partial charge in [0, 0.05) is 31.2 Å². The van der Waals surface area contributed by atoms with E-state index < -0.39 is 0 Å². The highest BCUT2D eigenvalue weighted by Gasteiger charge is 2.37. The monoisotopic (exact) mass is 392 g/mol. The van der Waals surface area contributed by atoms with E-state index in [4.69, 9.17) is 0 Å². The van der Waals surface area contributed by atoms with Crippen molar-refractivity contribution in [2.24, 2.45) is 5.92 Å². The summed E-state index contributed by atoms with van der Waals surface area (Å²) in [4.78, 5) is 29.6. The molecule has 1 saturated heterocycles. The molecule has 0 radical (unpaired) electrons. The summed E-state index contributed by atoms with van der Waals surface area (Å²) >= 11 is 0. The molecule has 0 spiro atoms. The highest BCUT2D eigenvalue weighted by molar-refractivity contribution is 6.00. The number of rotatable bonds is 5. The van der Waals surface area contributed by atoms with Crippen molar-refractivity contribution in [1.29, 1.82) is 0 Å². The summed E-state index contributed by atoms with van der Waals surface area (Å²) in [5.41, 5.74) is 3.28. The lowest BCUT2D eigenvalue weighted by atomic mass is 9.87. The molecule has 4 heteroatoms. The fourth-order valence-corrected chi connectivity index (χ4v) is 3.79. The van der Waals surface area contributed by atoms with Crippen LogP contribution in [-0.2, 0) is 21.5 Å². The van der Waals surface area contributed by atoms with Gasteiger partial charge in [0.2, 0.25) is 11.8 Å². The van der Waals surface area contributed by atoms with Gasteiger partial charge in [0.25, 0.3) is 0 Å². The van der Waals surface area contributed by atoms with Crippen LogP contribution >= 0.6 is 0 Å². The minimum absolute atomic E-state index is 0.0234. The molecule has 0 aliphatic carbocycles. The van der Waals surface area contributed by atoms with Crippen molar-refractivity contribution in [2.45, 2.75) is 59.0 Å². The quantitative estimate of drug-likeness (QED) is 0.735. The Morgan fingerprint density at radius 1 is 1.07 bits per heavy atom. The number of anilines is 1. The predicted octanol–water partition coefficient (Wildman–Crippen LogP) is 4.77. The normalized spacial score (nSPS) is 17.1. The largest absolute Gasteiger partial charge is 0.336 e. The molecule has 29 heavy (non-hydrogen) atoms. The molecule has 154 valence electrons. The zero-order valence-electron chi connectivity index (χ0n) is 18.2. The van der Waals surface area contributed by atoms with Crippen molar-refractivity contribution in [2.75, 3.05) is 11.4 Å².